The molecule has 0 aromatic heterocycles. The highest BCUT2D eigenvalue weighted by Crippen LogP contribution is 2.09. The lowest BCUT2D eigenvalue weighted by Crippen LogP contribution is -2.11. The lowest BCUT2D eigenvalue weighted by molar-refractivity contribution is -0.142. The van der Waals surface area contributed by atoms with Crippen LogP contribution in [0.5, 0.6) is 0 Å². The summed E-state index contributed by atoms with van der Waals surface area (Å²) in [5.74, 6) is -0.172. The smallest absolute Gasteiger partial charge is 0.310 e. The number of hydrogen-bond donors (Lipinski definition) is 1. The molecule has 0 aliphatic rings. The minimum absolute atomic E-state index is 0.172. The van der Waals surface area contributed by atoms with Gasteiger partial charge in [0.2, 0.25) is 0 Å². The van der Waals surface area contributed by atoms with E-state index in [1.165, 1.54) is 0 Å². The van der Waals surface area contributed by atoms with Gasteiger partial charge >= 0.3 is 5.97 Å². The highest BCUT2D eigenvalue weighted by molar-refractivity contribution is 5.73. The number of unbranched alkanes of at least 4 members (excludes halogenated alkanes) is 1. The van der Waals surface area contributed by atoms with Crippen LogP contribution in [0.25, 0.3) is 0 Å². The van der Waals surface area contributed by atoms with Crippen molar-refractivity contribution < 1.29 is 9.53 Å². The predicted molar refractivity (Wildman–Crippen MR) is 63.9 cm³/mol. The van der Waals surface area contributed by atoms with E-state index in [9.17, 15) is 4.79 Å². The zero-order chi connectivity index (χ0) is 11.8. The van der Waals surface area contributed by atoms with E-state index in [1.54, 1.807) is 0 Å². The van der Waals surface area contributed by atoms with Crippen molar-refractivity contribution in [2.75, 3.05) is 6.61 Å². The molecule has 0 radical (unpaired) electrons. The minimum atomic E-state index is -0.172. The third-order valence-corrected chi connectivity index (χ3v) is 2.43. The van der Waals surface area contributed by atoms with Crippen LogP contribution in [0.15, 0.2) is 24.3 Å². The predicted octanol–water partition coefficient (Wildman–Crippen LogP) is 2.03. The molecule has 2 N–H and O–H groups in total. The van der Waals surface area contributed by atoms with Gasteiger partial charge in [-0.25, -0.2) is 0 Å². The third kappa shape index (κ3) is 4.03. The summed E-state index contributed by atoms with van der Waals surface area (Å²) in [5.41, 5.74) is 7.57. The minimum Gasteiger partial charge on any atom is -0.465 e. The van der Waals surface area contributed by atoms with Crippen molar-refractivity contribution in [3.05, 3.63) is 35.4 Å². The Balaban J connectivity index is 2.49. The van der Waals surface area contributed by atoms with E-state index in [-0.39, 0.29) is 5.97 Å². The molecule has 0 fully saturated rings. The molecule has 0 aliphatic heterocycles. The number of nitrogens with two attached hydrogens (primary N) is 1. The first-order valence-electron chi connectivity index (χ1n) is 5.70. The quantitative estimate of drug-likeness (QED) is 0.590. The second-order valence-electron chi connectivity index (χ2n) is 3.72. The van der Waals surface area contributed by atoms with Gasteiger partial charge in [-0.2, -0.15) is 0 Å². The summed E-state index contributed by atoms with van der Waals surface area (Å²) in [6.07, 6.45) is 2.27. The Kier molecular flexibility index (Phi) is 5.57. The maximum atomic E-state index is 11.5. The molecule has 0 saturated carbocycles. The zero-order valence-corrected chi connectivity index (χ0v) is 9.74. The van der Waals surface area contributed by atoms with Gasteiger partial charge in [0.05, 0.1) is 13.0 Å². The van der Waals surface area contributed by atoms with Gasteiger partial charge in [0.25, 0.3) is 0 Å². The molecule has 0 spiro atoms. The monoisotopic (exact) mass is 221 g/mol. The van der Waals surface area contributed by atoms with Crippen LogP contribution in [-0.4, -0.2) is 12.6 Å². The fourth-order valence-corrected chi connectivity index (χ4v) is 1.47. The Morgan fingerprint density at radius 3 is 2.62 bits per heavy atom. The van der Waals surface area contributed by atoms with Crippen LogP contribution >= 0.6 is 0 Å². The van der Waals surface area contributed by atoms with E-state index in [4.69, 9.17) is 10.5 Å². The molecule has 0 atom stereocenters. The summed E-state index contributed by atoms with van der Waals surface area (Å²) in [5, 5.41) is 0. The van der Waals surface area contributed by atoms with Crippen LogP contribution in [0.4, 0.5) is 0 Å². The van der Waals surface area contributed by atoms with Crippen LogP contribution in [-0.2, 0) is 22.5 Å². The lowest BCUT2D eigenvalue weighted by Gasteiger charge is -2.07. The molecular formula is C13H19NO2. The van der Waals surface area contributed by atoms with E-state index < -0.39 is 0 Å². The van der Waals surface area contributed by atoms with Crippen molar-refractivity contribution in [3.63, 3.8) is 0 Å². The first-order chi connectivity index (χ1) is 7.77. The van der Waals surface area contributed by atoms with Gasteiger partial charge in [-0.3, -0.25) is 4.79 Å². The molecule has 1 aromatic rings. The van der Waals surface area contributed by atoms with Crippen molar-refractivity contribution >= 4 is 5.97 Å². The van der Waals surface area contributed by atoms with Crippen molar-refractivity contribution in [2.45, 2.75) is 32.7 Å². The fraction of sp³-hybridized carbons (Fsp3) is 0.462. The van der Waals surface area contributed by atoms with Crippen LogP contribution in [0.1, 0.15) is 30.9 Å². The highest BCUT2D eigenvalue weighted by atomic mass is 16.5. The molecule has 0 unspecified atom stereocenters. The SMILES string of the molecule is CCCCOC(=O)Cc1ccccc1CN. The average molecular weight is 221 g/mol. The fourth-order valence-electron chi connectivity index (χ4n) is 1.47. The summed E-state index contributed by atoms with van der Waals surface area (Å²) >= 11 is 0. The largest absolute Gasteiger partial charge is 0.465 e. The van der Waals surface area contributed by atoms with Gasteiger partial charge < -0.3 is 10.5 Å². The van der Waals surface area contributed by atoms with E-state index in [1.807, 2.05) is 24.3 Å². The van der Waals surface area contributed by atoms with Crippen LogP contribution < -0.4 is 5.73 Å². The van der Waals surface area contributed by atoms with E-state index in [0.29, 0.717) is 19.6 Å². The number of ether oxygens (including phenoxy) is 1. The molecule has 3 heteroatoms. The molecule has 1 rings (SSSR count). The number of rotatable bonds is 6. The van der Waals surface area contributed by atoms with Gasteiger partial charge in [-0.05, 0) is 17.5 Å². The number of esters is 1. The zero-order valence-electron chi connectivity index (χ0n) is 9.74. The van der Waals surface area contributed by atoms with Crippen molar-refractivity contribution in [1.82, 2.24) is 0 Å². The van der Waals surface area contributed by atoms with Crippen molar-refractivity contribution in [3.8, 4) is 0 Å². The highest BCUT2D eigenvalue weighted by Gasteiger charge is 2.07. The van der Waals surface area contributed by atoms with Gasteiger partial charge in [0, 0.05) is 6.54 Å². The Morgan fingerprint density at radius 1 is 1.31 bits per heavy atom. The molecule has 0 saturated heterocycles. The normalized spacial score (nSPS) is 10.1. The second-order valence-corrected chi connectivity index (χ2v) is 3.72. The first kappa shape index (κ1) is 12.7. The number of benzene rings is 1. The average Bonchev–Trinajstić information content (AvgIpc) is 2.30. The summed E-state index contributed by atoms with van der Waals surface area (Å²) in [6.45, 7) is 3.04. The Hall–Kier alpha value is -1.35. The van der Waals surface area contributed by atoms with Crippen LogP contribution in [0.3, 0.4) is 0 Å². The van der Waals surface area contributed by atoms with E-state index >= 15 is 0 Å². The number of carbonyl (C=O) groups is 1. The summed E-state index contributed by atoms with van der Waals surface area (Å²) in [6, 6.07) is 7.69. The molecule has 1 aromatic carbocycles. The lowest BCUT2D eigenvalue weighted by atomic mass is 10.1. The summed E-state index contributed by atoms with van der Waals surface area (Å²) in [4.78, 5) is 11.5. The molecular weight excluding hydrogens is 202 g/mol. The molecule has 0 heterocycles. The molecule has 16 heavy (non-hydrogen) atoms. The molecule has 3 nitrogen and oxygen atoms in total. The van der Waals surface area contributed by atoms with Gasteiger partial charge in [0.1, 0.15) is 0 Å². The Bertz CT molecular complexity index is 336. The topological polar surface area (TPSA) is 52.3 Å². The molecule has 88 valence electrons. The van der Waals surface area contributed by atoms with Crippen molar-refractivity contribution in [1.29, 1.82) is 0 Å². The maximum absolute atomic E-state index is 11.5. The second kappa shape index (κ2) is 7.01. The molecule has 0 bridgehead atoms. The van der Waals surface area contributed by atoms with Crippen molar-refractivity contribution in [2.24, 2.45) is 5.73 Å². The third-order valence-electron chi connectivity index (χ3n) is 2.43. The maximum Gasteiger partial charge on any atom is 0.310 e. The van der Waals surface area contributed by atoms with Gasteiger partial charge in [0.15, 0.2) is 0 Å². The van der Waals surface area contributed by atoms with E-state index in [0.717, 1.165) is 24.0 Å². The van der Waals surface area contributed by atoms with Gasteiger partial charge in [-0.1, -0.05) is 37.6 Å². The standard InChI is InChI=1S/C13H19NO2/c1-2-3-8-16-13(15)9-11-6-4-5-7-12(11)10-14/h4-7H,2-3,8-10,14H2,1H3. The summed E-state index contributed by atoms with van der Waals surface area (Å²) < 4.78 is 5.11. The number of hydrogen-bond acceptors (Lipinski definition) is 3. The van der Waals surface area contributed by atoms with Crippen LogP contribution in [0.2, 0.25) is 0 Å². The van der Waals surface area contributed by atoms with Gasteiger partial charge in [-0.15, -0.1) is 0 Å². The molecule has 0 amide bonds. The Labute approximate surface area is 96.6 Å². The first-order valence-corrected chi connectivity index (χ1v) is 5.70. The molecule has 0 aliphatic carbocycles. The number of carbonyl (C=O) groups excluding carboxylic acids is 1. The van der Waals surface area contributed by atoms with Crippen LogP contribution in [0, 0.1) is 0 Å². The Morgan fingerprint density at radius 2 is 2.00 bits per heavy atom. The summed E-state index contributed by atoms with van der Waals surface area (Å²) in [7, 11) is 0. The van der Waals surface area contributed by atoms with E-state index in [2.05, 4.69) is 6.92 Å².